The molecule has 1 heterocycles. The summed E-state index contributed by atoms with van der Waals surface area (Å²) in [6.45, 7) is 7.72. The van der Waals surface area contributed by atoms with Gasteiger partial charge >= 0.3 is 0 Å². The number of methoxy groups -OCH3 is 1. The molecular weight excluding hydrogens is 224 g/mol. The lowest BCUT2D eigenvalue weighted by molar-refractivity contribution is 0.308. The maximum Gasteiger partial charge on any atom is 0.128 e. The van der Waals surface area contributed by atoms with E-state index in [9.17, 15) is 0 Å². The van der Waals surface area contributed by atoms with Gasteiger partial charge in [0, 0.05) is 23.6 Å². The number of aromatic nitrogens is 1. The molecule has 0 unspecified atom stereocenters. The van der Waals surface area contributed by atoms with Crippen LogP contribution in [-0.4, -0.2) is 36.6 Å². The molecule has 0 bridgehead atoms. The summed E-state index contributed by atoms with van der Waals surface area (Å²) in [5.41, 5.74) is 2.50. The normalized spacial score (nSPS) is 11.3. The molecule has 2 rings (SSSR count). The molecule has 0 atom stereocenters. The Bertz CT molecular complexity index is 500. The molecule has 0 aliphatic rings. The maximum atomic E-state index is 5.45. The Morgan fingerprint density at radius 2 is 2.00 bits per heavy atom. The van der Waals surface area contributed by atoms with E-state index in [-0.39, 0.29) is 0 Å². The number of hydrogen-bond acceptors (Lipinski definition) is 2. The summed E-state index contributed by atoms with van der Waals surface area (Å²) < 4.78 is 5.45. The van der Waals surface area contributed by atoms with Gasteiger partial charge in [-0.3, -0.25) is 0 Å². The van der Waals surface area contributed by atoms with Gasteiger partial charge < -0.3 is 14.6 Å². The van der Waals surface area contributed by atoms with Gasteiger partial charge in [0.25, 0.3) is 0 Å². The van der Waals surface area contributed by atoms with Crippen molar-refractivity contribution in [1.82, 2.24) is 9.88 Å². The third-order valence-electron chi connectivity index (χ3n) is 3.56. The molecule has 0 aliphatic heterocycles. The second kappa shape index (κ2) is 5.91. The first-order valence-corrected chi connectivity index (χ1v) is 6.65. The molecule has 2 aromatic rings. The van der Waals surface area contributed by atoms with Crippen molar-refractivity contribution >= 4 is 10.9 Å². The molecule has 0 spiro atoms. The van der Waals surface area contributed by atoms with E-state index in [4.69, 9.17) is 4.74 Å². The number of H-pyrrole nitrogens is 1. The lowest BCUT2D eigenvalue weighted by Crippen LogP contribution is -2.25. The molecule has 0 saturated carbocycles. The van der Waals surface area contributed by atoms with Crippen LogP contribution in [0.4, 0.5) is 0 Å². The molecule has 0 saturated heterocycles. The molecule has 18 heavy (non-hydrogen) atoms. The third-order valence-corrected chi connectivity index (χ3v) is 3.56. The highest BCUT2D eigenvalue weighted by molar-refractivity contribution is 5.89. The number of nitrogens with zero attached hydrogens (tertiary/aromatic N) is 1. The molecule has 3 heteroatoms. The SMILES string of the molecule is CCN(CC)CCc1c[nH]c2cccc(OC)c12. The Labute approximate surface area is 109 Å². The number of benzene rings is 1. The number of nitrogens with one attached hydrogen (secondary N) is 1. The van der Waals surface area contributed by atoms with Crippen LogP contribution in [0, 0.1) is 0 Å². The number of ether oxygens (including phenoxy) is 1. The van der Waals surface area contributed by atoms with Crippen LogP contribution in [0.2, 0.25) is 0 Å². The van der Waals surface area contributed by atoms with Gasteiger partial charge in [-0.05, 0) is 37.2 Å². The van der Waals surface area contributed by atoms with Gasteiger partial charge in [-0.1, -0.05) is 19.9 Å². The summed E-state index contributed by atoms with van der Waals surface area (Å²) >= 11 is 0. The number of fused-ring (bicyclic) bond motifs is 1. The minimum absolute atomic E-state index is 0.961. The lowest BCUT2D eigenvalue weighted by atomic mass is 10.1. The second-order valence-electron chi connectivity index (χ2n) is 4.47. The van der Waals surface area contributed by atoms with Crippen LogP contribution in [0.3, 0.4) is 0 Å². The zero-order valence-electron chi connectivity index (χ0n) is 11.5. The van der Waals surface area contributed by atoms with Gasteiger partial charge in [0.1, 0.15) is 5.75 Å². The summed E-state index contributed by atoms with van der Waals surface area (Å²) in [6.07, 6.45) is 3.17. The van der Waals surface area contributed by atoms with Gasteiger partial charge in [0.2, 0.25) is 0 Å². The summed E-state index contributed by atoms with van der Waals surface area (Å²) in [4.78, 5) is 5.76. The molecule has 3 nitrogen and oxygen atoms in total. The van der Waals surface area contributed by atoms with Crippen molar-refractivity contribution in [3.63, 3.8) is 0 Å². The van der Waals surface area contributed by atoms with Gasteiger partial charge in [0.15, 0.2) is 0 Å². The van der Waals surface area contributed by atoms with Crippen molar-refractivity contribution in [2.24, 2.45) is 0 Å². The van der Waals surface area contributed by atoms with Crippen LogP contribution in [0.1, 0.15) is 19.4 Å². The van der Waals surface area contributed by atoms with E-state index in [1.807, 2.05) is 12.1 Å². The average Bonchev–Trinajstić information content (AvgIpc) is 2.83. The van der Waals surface area contributed by atoms with Crippen molar-refractivity contribution in [2.75, 3.05) is 26.7 Å². The van der Waals surface area contributed by atoms with Crippen LogP contribution in [0.5, 0.6) is 5.75 Å². The molecule has 0 amide bonds. The summed E-state index contributed by atoms with van der Waals surface area (Å²) in [5.74, 6) is 0.961. The molecule has 98 valence electrons. The maximum absolute atomic E-state index is 5.45. The molecule has 0 fully saturated rings. The number of rotatable bonds is 6. The predicted molar refractivity (Wildman–Crippen MR) is 76.3 cm³/mol. The van der Waals surface area contributed by atoms with E-state index in [0.717, 1.165) is 37.3 Å². The highest BCUT2D eigenvalue weighted by Gasteiger charge is 2.09. The predicted octanol–water partition coefficient (Wildman–Crippen LogP) is 3.06. The number of hydrogen-bond donors (Lipinski definition) is 1. The summed E-state index contributed by atoms with van der Waals surface area (Å²) in [5, 5.41) is 1.23. The first kappa shape index (κ1) is 13.0. The fourth-order valence-electron chi connectivity index (χ4n) is 2.41. The molecule has 0 radical (unpaired) electrons. The zero-order chi connectivity index (χ0) is 13.0. The monoisotopic (exact) mass is 246 g/mol. The van der Waals surface area contributed by atoms with E-state index in [0.29, 0.717) is 0 Å². The van der Waals surface area contributed by atoms with Gasteiger partial charge in [0.05, 0.1) is 7.11 Å². The lowest BCUT2D eigenvalue weighted by Gasteiger charge is -2.17. The van der Waals surface area contributed by atoms with Crippen LogP contribution >= 0.6 is 0 Å². The largest absolute Gasteiger partial charge is 0.496 e. The molecule has 0 aliphatic carbocycles. The smallest absolute Gasteiger partial charge is 0.128 e. The number of aromatic amines is 1. The fraction of sp³-hybridized carbons (Fsp3) is 0.467. The van der Waals surface area contributed by atoms with E-state index in [1.165, 1.54) is 10.9 Å². The van der Waals surface area contributed by atoms with E-state index in [2.05, 4.69) is 36.0 Å². The first-order valence-electron chi connectivity index (χ1n) is 6.65. The Hall–Kier alpha value is -1.48. The van der Waals surface area contributed by atoms with Crippen molar-refractivity contribution in [1.29, 1.82) is 0 Å². The second-order valence-corrected chi connectivity index (χ2v) is 4.47. The van der Waals surface area contributed by atoms with Gasteiger partial charge in [-0.25, -0.2) is 0 Å². The Balaban J connectivity index is 2.23. The first-order chi connectivity index (χ1) is 8.80. The van der Waals surface area contributed by atoms with Crippen molar-refractivity contribution < 1.29 is 4.74 Å². The van der Waals surface area contributed by atoms with E-state index in [1.54, 1.807) is 7.11 Å². The Morgan fingerprint density at radius 3 is 2.67 bits per heavy atom. The minimum atomic E-state index is 0.961. The molecule has 1 aromatic carbocycles. The summed E-state index contributed by atoms with van der Waals surface area (Å²) in [7, 11) is 1.73. The fourth-order valence-corrected chi connectivity index (χ4v) is 2.41. The quantitative estimate of drug-likeness (QED) is 0.848. The zero-order valence-corrected chi connectivity index (χ0v) is 11.5. The minimum Gasteiger partial charge on any atom is -0.496 e. The molecule has 1 aromatic heterocycles. The average molecular weight is 246 g/mol. The standard InChI is InChI=1S/C15H22N2O/c1-4-17(5-2)10-9-12-11-16-13-7-6-8-14(18-3)15(12)13/h6-8,11,16H,4-5,9-10H2,1-3H3. The van der Waals surface area contributed by atoms with Crippen LogP contribution in [0.25, 0.3) is 10.9 Å². The summed E-state index contributed by atoms with van der Waals surface area (Å²) in [6, 6.07) is 6.14. The number of likely N-dealkylation sites (N-methyl/N-ethyl adjacent to an activating group) is 1. The van der Waals surface area contributed by atoms with Crippen molar-refractivity contribution in [2.45, 2.75) is 20.3 Å². The third kappa shape index (κ3) is 2.51. The van der Waals surface area contributed by atoms with Crippen molar-refractivity contribution in [3.8, 4) is 5.75 Å². The van der Waals surface area contributed by atoms with E-state index >= 15 is 0 Å². The van der Waals surface area contributed by atoms with Gasteiger partial charge in [-0.2, -0.15) is 0 Å². The van der Waals surface area contributed by atoms with E-state index < -0.39 is 0 Å². The van der Waals surface area contributed by atoms with Gasteiger partial charge in [-0.15, -0.1) is 0 Å². The van der Waals surface area contributed by atoms with Crippen molar-refractivity contribution in [3.05, 3.63) is 30.0 Å². The molecule has 1 N–H and O–H groups in total. The highest BCUT2D eigenvalue weighted by atomic mass is 16.5. The highest BCUT2D eigenvalue weighted by Crippen LogP contribution is 2.28. The molecular formula is C15H22N2O. The topological polar surface area (TPSA) is 28.3 Å². The Kier molecular flexibility index (Phi) is 4.26. The van der Waals surface area contributed by atoms with Crippen LogP contribution in [-0.2, 0) is 6.42 Å². The van der Waals surface area contributed by atoms with Crippen LogP contribution < -0.4 is 4.74 Å². The van der Waals surface area contributed by atoms with Crippen LogP contribution in [0.15, 0.2) is 24.4 Å². The Morgan fingerprint density at radius 1 is 1.22 bits per heavy atom.